The molecule has 0 spiro atoms. The first-order chi connectivity index (χ1) is 8.11. The van der Waals surface area contributed by atoms with E-state index >= 15 is 0 Å². The van der Waals surface area contributed by atoms with E-state index in [9.17, 15) is 8.78 Å². The fourth-order valence-electron chi connectivity index (χ4n) is 1.69. The van der Waals surface area contributed by atoms with Crippen molar-refractivity contribution in [3.63, 3.8) is 0 Å². The van der Waals surface area contributed by atoms with E-state index < -0.39 is 18.9 Å². The third-order valence-electron chi connectivity index (χ3n) is 2.54. The Kier molecular flexibility index (Phi) is 4.98. The van der Waals surface area contributed by atoms with Gasteiger partial charge >= 0.3 is 0 Å². The van der Waals surface area contributed by atoms with E-state index in [0.717, 1.165) is 0 Å². The second-order valence-corrected chi connectivity index (χ2v) is 3.69. The van der Waals surface area contributed by atoms with Crippen LogP contribution in [0.3, 0.4) is 0 Å². The predicted octanol–water partition coefficient (Wildman–Crippen LogP) is 2.50. The van der Waals surface area contributed by atoms with Crippen molar-refractivity contribution in [2.45, 2.75) is 18.9 Å². The Morgan fingerprint density at radius 2 is 2.11 bits per heavy atom. The number of benzene rings is 1. The minimum absolute atomic E-state index is 0. The van der Waals surface area contributed by atoms with E-state index in [1.165, 1.54) is 7.11 Å². The lowest BCUT2D eigenvalue weighted by molar-refractivity contribution is 0.128. The topological polar surface area (TPSA) is 53.7 Å². The predicted molar refractivity (Wildman–Crippen MR) is 63.9 cm³/mol. The smallest absolute Gasteiger partial charge is 0.240 e. The first kappa shape index (κ1) is 14.8. The summed E-state index contributed by atoms with van der Waals surface area (Å²) in [7, 11) is 1.47. The number of hydrogen-bond acceptors (Lipinski definition) is 4. The van der Waals surface area contributed by atoms with Gasteiger partial charge in [0.25, 0.3) is 0 Å². The van der Waals surface area contributed by atoms with E-state index in [2.05, 4.69) is 0 Å². The van der Waals surface area contributed by atoms with Gasteiger partial charge in [-0.2, -0.15) is 0 Å². The Bertz CT molecular complexity index is 418. The molecule has 2 rings (SSSR count). The maximum Gasteiger partial charge on any atom is 0.240 e. The molecule has 0 fully saturated rings. The van der Waals surface area contributed by atoms with Gasteiger partial charge in [0.15, 0.2) is 11.5 Å². The molecule has 4 nitrogen and oxygen atoms in total. The molecular weight excluding hydrogens is 268 g/mol. The van der Waals surface area contributed by atoms with Crippen molar-refractivity contribution in [3.05, 3.63) is 17.7 Å². The molecule has 1 aliphatic heterocycles. The van der Waals surface area contributed by atoms with Crippen molar-refractivity contribution in [1.82, 2.24) is 0 Å². The van der Waals surface area contributed by atoms with Gasteiger partial charge in [0.1, 0.15) is 0 Å². The Morgan fingerprint density at radius 1 is 1.39 bits per heavy atom. The van der Waals surface area contributed by atoms with Crippen molar-refractivity contribution in [2.75, 3.05) is 13.9 Å². The van der Waals surface area contributed by atoms with Crippen LogP contribution in [0.25, 0.3) is 0 Å². The van der Waals surface area contributed by atoms with Gasteiger partial charge in [-0.1, -0.05) is 0 Å². The van der Waals surface area contributed by atoms with E-state index in [1.807, 2.05) is 0 Å². The maximum atomic E-state index is 12.3. The van der Waals surface area contributed by atoms with Crippen LogP contribution in [0.15, 0.2) is 12.1 Å². The van der Waals surface area contributed by atoms with E-state index in [1.54, 1.807) is 12.1 Å². The van der Waals surface area contributed by atoms with Crippen molar-refractivity contribution < 1.29 is 23.0 Å². The van der Waals surface area contributed by atoms with Crippen LogP contribution in [0.4, 0.5) is 8.78 Å². The second-order valence-electron chi connectivity index (χ2n) is 3.69. The molecule has 0 saturated carbocycles. The van der Waals surface area contributed by atoms with Gasteiger partial charge in [-0.05, 0) is 17.7 Å². The molecule has 1 heterocycles. The summed E-state index contributed by atoms with van der Waals surface area (Å²) in [5, 5.41) is 0. The van der Waals surface area contributed by atoms with Gasteiger partial charge in [0, 0.05) is 12.5 Å². The largest absolute Gasteiger partial charge is 0.493 e. The minimum atomic E-state index is -2.44. The molecule has 0 unspecified atom stereocenters. The molecule has 1 aliphatic rings. The number of rotatable bonds is 4. The zero-order chi connectivity index (χ0) is 12.4. The highest BCUT2D eigenvalue weighted by atomic mass is 35.5. The number of fused-ring (bicyclic) bond motifs is 1. The number of nitrogens with two attached hydrogens (primary N) is 1. The fraction of sp³-hybridized carbons (Fsp3) is 0.455. The summed E-state index contributed by atoms with van der Waals surface area (Å²) in [5.74, 6) is 1.41. The lowest BCUT2D eigenvalue weighted by Gasteiger charge is -2.14. The number of ether oxygens (including phenoxy) is 3. The zero-order valence-electron chi connectivity index (χ0n) is 9.69. The molecule has 1 atom stereocenters. The second kappa shape index (κ2) is 6.06. The highest BCUT2D eigenvalue weighted by Crippen LogP contribution is 2.43. The van der Waals surface area contributed by atoms with Gasteiger partial charge in [0.2, 0.25) is 19.0 Å². The third kappa shape index (κ3) is 2.94. The Labute approximate surface area is 109 Å². The summed E-state index contributed by atoms with van der Waals surface area (Å²) in [6, 6.07) is 2.46. The van der Waals surface area contributed by atoms with E-state index in [4.69, 9.17) is 19.9 Å². The fourth-order valence-corrected chi connectivity index (χ4v) is 1.69. The zero-order valence-corrected chi connectivity index (χ0v) is 10.5. The average molecular weight is 282 g/mol. The minimum Gasteiger partial charge on any atom is -0.493 e. The first-order valence-electron chi connectivity index (χ1n) is 5.13. The molecule has 1 aromatic rings. The standard InChI is InChI=1S/C11H13F2NO3.ClH/c1-15-8-2-6(7(14)4-10(12)13)3-9-11(8)17-5-16-9;/h2-3,7,10H,4-5,14H2,1H3;1H/t7-;/m0./s1. The Balaban J connectivity index is 0.00000162. The molecule has 102 valence electrons. The van der Waals surface area contributed by atoms with Crippen LogP contribution >= 0.6 is 12.4 Å². The van der Waals surface area contributed by atoms with E-state index in [0.29, 0.717) is 22.8 Å². The lowest BCUT2D eigenvalue weighted by Crippen LogP contribution is -2.14. The highest BCUT2D eigenvalue weighted by molar-refractivity contribution is 5.85. The maximum absolute atomic E-state index is 12.3. The molecule has 0 bridgehead atoms. The monoisotopic (exact) mass is 281 g/mol. The Morgan fingerprint density at radius 3 is 2.72 bits per heavy atom. The molecule has 0 amide bonds. The number of halogens is 3. The summed E-state index contributed by atoms with van der Waals surface area (Å²) >= 11 is 0. The summed E-state index contributed by atoms with van der Waals surface area (Å²) in [5.41, 5.74) is 6.23. The SMILES string of the molecule is COc1cc([C@@H](N)CC(F)F)cc2c1OCO2.Cl. The van der Waals surface area contributed by atoms with Crippen molar-refractivity contribution in [3.8, 4) is 17.2 Å². The average Bonchev–Trinajstić information content (AvgIpc) is 2.74. The van der Waals surface area contributed by atoms with Gasteiger partial charge in [-0.15, -0.1) is 12.4 Å². The van der Waals surface area contributed by atoms with Crippen LogP contribution in [0.1, 0.15) is 18.0 Å². The van der Waals surface area contributed by atoms with Crippen LogP contribution in [0.2, 0.25) is 0 Å². The van der Waals surface area contributed by atoms with Gasteiger partial charge in [0.05, 0.1) is 7.11 Å². The summed E-state index contributed by atoms with van der Waals surface area (Å²) in [4.78, 5) is 0. The van der Waals surface area contributed by atoms with Gasteiger partial charge in [-0.3, -0.25) is 0 Å². The third-order valence-corrected chi connectivity index (χ3v) is 2.54. The van der Waals surface area contributed by atoms with Gasteiger partial charge in [-0.25, -0.2) is 8.78 Å². The molecule has 7 heteroatoms. The summed E-state index contributed by atoms with van der Waals surface area (Å²) in [6.45, 7) is 0.0965. The Hall–Kier alpha value is -1.27. The molecule has 18 heavy (non-hydrogen) atoms. The molecule has 0 radical (unpaired) electrons. The molecular formula is C11H14ClF2NO3. The van der Waals surface area contributed by atoms with Crippen molar-refractivity contribution >= 4 is 12.4 Å². The number of alkyl halides is 2. The highest BCUT2D eigenvalue weighted by Gasteiger charge is 2.23. The van der Waals surface area contributed by atoms with Crippen molar-refractivity contribution in [1.29, 1.82) is 0 Å². The summed E-state index contributed by atoms with van der Waals surface area (Å²) in [6.07, 6.45) is -2.84. The number of methoxy groups -OCH3 is 1. The van der Waals surface area contributed by atoms with Crippen LogP contribution < -0.4 is 19.9 Å². The number of hydrogen-bond donors (Lipinski definition) is 1. The lowest BCUT2D eigenvalue weighted by atomic mass is 10.0. The molecule has 1 aromatic carbocycles. The quantitative estimate of drug-likeness (QED) is 0.921. The van der Waals surface area contributed by atoms with Gasteiger partial charge < -0.3 is 19.9 Å². The van der Waals surface area contributed by atoms with Crippen LogP contribution in [-0.4, -0.2) is 20.3 Å². The molecule has 2 N–H and O–H groups in total. The van der Waals surface area contributed by atoms with Crippen molar-refractivity contribution in [2.24, 2.45) is 5.73 Å². The molecule has 0 aliphatic carbocycles. The first-order valence-corrected chi connectivity index (χ1v) is 5.13. The van der Waals surface area contributed by atoms with Crippen LogP contribution in [-0.2, 0) is 0 Å². The summed E-state index contributed by atoms with van der Waals surface area (Å²) < 4.78 is 40.0. The molecule has 0 aromatic heterocycles. The normalized spacial score (nSPS) is 14.3. The van der Waals surface area contributed by atoms with Crippen LogP contribution in [0, 0.1) is 0 Å². The van der Waals surface area contributed by atoms with E-state index in [-0.39, 0.29) is 19.2 Å². The molecule has 0 saturated heterocycles. The van der Waals surface area contributed by atoms with Crippen LogP contribution in [0.5, 0.6) is 17.2 Å².